The first-order valence-corrected chi connectivity index (χ1v) is 6.76. The highest BCUT2D eigenvalue weighted by Crippen LogP contribution is 2.12. The Kier molecular flexibility index (Phi) is 3.66. The lowest BCUT2D eigenvalue weighted by molar-refractivity contribution is 0.559. The minimum Gasteiger partial charge on any atom is -0.357 e. The highest BCUT2D eigenvalue weighted by molar-refractivity contribution is 7.89. The van der Waals surface area contributed by atoms with Crippen molar-refractivity contribution < 1.29 is 8.42 Å². The lowest BCUT2D eigenvalue weighted by atomic mass is 10.4. The molecule has 19 heavy (non-hydrogen) atoms. The van der Waals surface area contributed by atoms with Gasteiger partial charge in [-0.05, 0) is 6.92 Å². The Morgan fingerprint density at radius 2 is 2.00 bits per heavy atom. The van der Waals surface area contributed by atoms with E-state index >= 15 is 0 Å². The molecule has 0 fully saturated rings. The lowest BCUT2D eigenvalue weighted by Gasteiger charge is -2.10. The summed E-state index contributed by atoms with van der Waals surface area (Å²) in [5.41, 5.74) is 0. The first-order chi connectivity index (χ1) is 9.03. The molecular weight excluding hydrogens is 272 g/mol. The molecule has 0 aliphatic carbocycles. The van der Waals surface area contributed by atoms with Crippen LogP contribution in [-0.4, -0.2) is 46.1 Å². The molecule has 0 saturated carbocycles. The largest absolute Gasteiger partial charge is 0.357 e. The summed E-state index contributed by atoms with van der Waals surface area (Å²) in [7, 11) is -2.10. The minimum absolute atomic E-state index is 0.0400. The fraction of sp³-hybridized carbons (Fsp3) is 0.375. The van der Waals surface area contributed by atoms with Crippen molar-refractivity contribution in [2.75, 3.05) is 12.4 Å². The predicted octanol–water partition coefficient (Wildman–Crippen LogP) is -0.929. The second-order valence-corrected chi connectivity index (χ2v) is 5.32. The Hall–Kier alpha value is -2.14. The van der Waals surface area contributed by atoms with E-state index in [2.05, 4.69) is 40.6 Å². The third kappa shape index (κ3) is 3.00. The molecule has 2 aromatic heterocycles. The molecule has 0 amide bonds. The Morgan fingerprint density at radius 3 is 2.53 bits per heavy atom. The van der Waals surface area contributed by atoms with Crippen molar-refractivity contribution in [3.05, 3.63) is 18.2 Å². The van der Waals surface area contributed by atoms with Gasteiger partial charge in [0.2, 0.25) is 16.0 Å². The van der Waals surface area contributed by atoms with E-state index in [1.54, 1.807) is 14.0 Å². The van der Waals surface area contributed by atoms with Crippen molar-refractivity contribution in [1.29, 1.82) is 0 Å². The fourth-order valence-electron chi connectivity index (χ4n) is 1.29. The molecule has 2 heterocycles. The van der Waals surface area contributed by atoms with Crippen LogP contribution in [0.3, 0.4) is 0 Å². The number of rotatable bonds is 5. The summed E-state index contributed by atoms with van der Waals surface area (Å²) in [5.74, 6) is 0.585. The van der Waals surface area contributed by atoms with Gasteiger partial charge in [0.25, 0.3) is 0 Å². The Balaban J connectivity index is 2.17. The van der Waals surface area contributed by atoms with Gasteiger partial charge in [-0.3, -0.25) is 0 Å². The number of hydrogen-bond acceptors (Lipinski definition) is 8. The van der Waals surface area contributed by atoms with Crippen LogP contribution in [0.15, 0.2) is 17.3 Å². The maximum absolute atomic E-state index is 12.0. The van der Waals surface area contributed by atoms with Gasteiger partial charge in [0, 0.05) is 7.05 Å². The Bertz CT molecular complexity index is 623. The zero-order chi connectivity index (χ0) is 13.9. The van der Waals surface area contributed by atoms with Crippen LogP contribution in [0.5, 0.6) is 0 Å². The average Bonchev–Trinajstić information content (AvgIpc) is 2.92. The fourth-order valence-corrected chi connectivity index (χ4v) is 2.38. The van der Waals surface area contributed by atoms with Crippen LogP contribution in [0.1, 0.15) is 18.8 Å². The smallest absolute Gasteiger partial charge is 0.244 e. The summed E-state index contributed by atoms with van der Waals surface area (Å²) in [6, 6.07) is -0.618. The second kappa shape index (κ2) is 5.24. The van der Waals surface area contributed by atoms with Gasteiger partial charge in [-0.1, -0.05) is 5.21 Å². The van der Waals surface area contributed by atoms with Crippen LogP contribution < -0.4 is 10.0 Å². The zero-order valence-corrected chi connectivity index (χ0v) is 11.0. The van der Waals surface area contributed by atoms with E-state index in [-0.39, 0.29) is 10.7 Å². The van der Waals surface area contributed by atoms with Gasteiger partial charge in [-0.2, -0.15) is 5.21 Å². The lowest BCUT2D eigenvalue weighted by Crippen LogP contribution is -2.28. The van der Waals surface area contributed by atoms with Gasteiger partial charge in [-0.15, -0.1) is 10.2 Å². The minimum atomic E-state index is -3.73. The molecule has 10 nitrogen and oxygen atoms in total. The first-order valence-electron chi connectivity index (χ1n) is 5.28. The van der Waals surface area contributed by atoms with Gasteiger partial charge >= 0.3 is 0 Å². The summed E-state index contributed by atoms with van der Waals surface area (Å²) >= 11 is 0. The highest BCUT2D eigenvalue weighted by Gasteiger charge is 2.21. The third-order valence-electron chi connectivity index (χ3n) is 2.24. The van der Waals surface area contributed by atoms with Crippen molar-refractivity contribution in [3.63, 3.8) is 0 Å². The Morgan fingerprint density at radius 1 is 1.32 bits per heavy atom. The Labute approximate surface area is 109 Å². The molecule has 2 rings (SSSR count). The number of nitrogens with zero attached hydrogens (tertiary/aromatic N) is 5. The topological polar surface area (TPSA) is 138 Å². The van der Waals surface area contributed by atoms with E-state index in [0.29, 0.717) is 5.95 Å². The molecule has 3 N–H and O–H groups in total. The number of anilines is 1. The summed E-state index contributed by atoms with van der Waals surface area (Å²) in [4.78, 5) is 7.64. The summed E-state index contributed by atoms with van der Waals surface area (Å²) in [6.07, 6.45) is 2.42. The standard InChI is InChI=1S/C8H12N8O2S/c1-5(7-12-15-16-13-7)14-19(17,18)6-3-10-8(9-2)11-4-6/h3-5,14H,1-2H3,(H,9,10,11)(H,12,13,15,16). The van der Waals surface area contributed by atoms with Crippen LogP contribution in [0.25, 0.3) is 0 Å². The van der Waals surface area contributed by atoms with Gasteiger partial charge < -0.3 is 5.32 Å². The van der Waals surface area contributed by atoms with E-state index in [4.69, 9.17) is 0 Å². The van der Waals surface area contributed by atoms with E-state index in [1.807, 2.05) is 0 Å². The number of hydrogen-bond donors (Lipinski definition) is 3. The normalized spacial score (nSPS) is 13.2. The first kappa shape index (κ1) is 13.3. The summed E-state index contributed by atoms with van der Waals surface area (Å²) < 4.78 is 26.5. The average molecular weight is 284 g/mol. The number of aromatic amines is 1. The molecule has 0 aliphatic heterocycles. The molecule has 0 aromatic carbocycles. The monoisotopic (exact) mass is 284 g/mol. The molecule has 0 radical (unpaired) electrons. The number of nitrogens with one attached hydrogen (secondary N) is 3. The highest BCUT2D eigenvalue weighted by atomic mass is 32.2. The van der Waals surface area contributed by atoms with Gasteiger partial charge in [0.05, 0.1) is 18.4 Å². The van der Waals surface area contributed by atoms with Crippen molar-refractivity contribution in [2.24, 2.45) is 0 Å². The van der Waals surface area contributed by atoms with Gasteiger partial charge in [0.1, 0.15) is 4.90 Å². The molecule has 2 aromatic rings. The molecule has 0 saturated heterocycles. The van der Waals surface area contributed by atoms with E-state index in [1.165, 1.54) is 12.4 Å². The predicted molar refractivity (Wildman–Crippen MR) is 64.5 cm³/mol. The molecule has 11 heteroatoms. The summed E-state index contributed by atoms with van der Waals surface area (Å²) in [6.45, 7) is 1.60. The van der Waals surface area contributed by atoms with Crippen LogP contribution >= 0.6 is 0 Å². The number of sulfonamides is 1. The molecule has 0 aliphatic rings. The molecule has 102 valence electrons. The molecule has 1 unspecified atom stereocenters. The van der Waals surface area contributed by atoms with Crippen LogP contribution in [0.2, 0.25) is 0 Å². The SMILES string of the molecule is CNc1ncc(S(=O)(=O)NC(C)c2nn[nH]n2)cn1. The van der Waals surface area contributed by atoms with Crippen LogP contribution in [0, 0.1) is 0 Å². The number of aromatic nitrogens is 6. The van der Waals surface area contributed by atoms with Gasteiger partial charge in [-0.25, -0.2) is 23.1 Å². The molecular formula is C8H12N8O2S. The van der Waals surface area contributed by atoms with E-state index < -0.39 is 16.1 Å². The van der Waals surface area contributed by atoms with Gasteiger partial charge in [0.15, 0.2) is 5.82 Å². The molecule has 1 atom stereocenters. The molecule has 0 bridgehead atoms. The van der Waals surface area contributed by atoms with Crippen LogP contribution in [-0.2, 0) is 10.0 Å². The number of H-pyrrole nitrogens is 1. The second-order valence-electron chi connectivity index (χ2n) is 3.61. The summed E-state index contributed by atoms with van der Waals surface area (Å²) in [5, 5.41) is 15.7. The maximum atomic E-state index is 12.0. The van der Waals surface area contributed by atoms with E-state index in [0.717, 1.165) is 0 Å². The maximum Gasteiger partial charge on any atom is 0.244 e. The zero-order valence-electron chi connectivity index (χ0n) is 10.2. The van der Waals surface area contributed by atoms with Crippen molar-refractivity contribution in [3.8, 4) is 0 Å². The number of tetrazole rings is 1. The molecule has 0 spiro atoms. The van der Waals surface area contributed by atoms with Crippen molar-refractivity contribution in [2.45, 2.75) is 17.9 Å². The van der Waals surface area contributed by atoms with Crippen molar-refractivity contribution in [1.82, 2.24) is 35.3 Å². The van der Waals surface area contributed by atoms with Crippen molar-refractivity contribution >= 4 is 16.0 Å². The third-order valence-corrected chi connectivity index (χ3v) is 3.74. The van der Waals surface area contributed by atoms with E-state index in [9.17, 15) is 8.42 Å². The van der Waals surface area contributed by atoms with Crippen LogP contribution in [0.4, 0.5) is 5.95 Å². The quantitative estimate of drug-likeness (QED) is 0.640.